The standard InChI is InChI=1S/C11H23NO2/c1-9(8-14-3)12(2)10-6-4-5-7-11(10)13/h9-11,13H,4-8H2,1-3H3. The molecule has 0 bridgehead atoms. The predicted molar refractivity (Wildman–Crippen MR) is 57.4 cm³/mol. The second kappa shape index (κ2) is 5.69. The maximum Gasteiger partial charge on any atom is 0.0695 e. The summed E-state index contributed by atoms with van der Waals surface area (Å²) in [5.74, 6) is 0. The van der Waals surface area contributed by atoms with E-state index >= 15 is 0 Å². The molecule has 1 fully saturated rings. The third kappa shape index (κ3) is 2.94. The SMILES string of the molecule is COCC(C)N(C)C1CCCCC1O. The van der Waals surface area contributed by atoms with Crippen molar-refractivity contribution in [2.75, 3.05) is 20.8 Å². The Hall–Kier alpha value is -0.120. The lowest BCUT2D eigenvalue weighted by molar-refractivity contribution is -0.00102. The molecular weight excluding hydrogens is 178 g/mol. The molecular formula is C11H23NO2. The van der Waals surface area contributed by atoms with Crippen LogP contribution in [0.2, 0.25) is 0 Å². The summed E-state index contributed by atoms with van der Waals surface area (Å²) in [6.45, 7) is 2.88. The Morgan fingerprint density at radius 2 is 2.07 bits per heavy atom. The monoisotopic (exact) mass is 201 g/mol. The number of aliphatic hydroxyl groups excluding tert-OH is 1. The molecule has 1 N–H and O–H groups in total. The van der Waals surface area contributed by atoms with Crippen LogP contribution in [0, 0.1) is 0 Å². The van der Waals surface area contributed by atoms with Gasteiger partial charge in [-0.3, -0.25) is 4.90 Å². The van der Waals surface area contributed by atoms with Gasteiger partial charge in [-0.15, -0.1) is 0 Å². The number of hydrogen-bond donors (Lipinski definition) is 1. The first kappa shape index (κ1) is 12.0. The average Bonchev–Trinajstić information content (AvgIpc) is 2.18. The minimum atomic E-state index is -0.145. The Labute approximate surface area is 87.1 Å². The van der Waals surface area contributed by atoms with Gasteiger partial charge < -0.3 is 9.84 Å². The molecule has 1 aliphatic carbocycles. The predicted octanol–water partition coefficient (Wildman–Crippen LogP) is 1.26. The van der Waals surface area contributed by atoms with Gasteiger partial charge in [0.15, 0.2) is 0 Å². The van der Waals surface area contributed by atoms with Gasteiger partial charge in [-0.25, -0.2) is 0 Å². The normalized spacial score (nSPS) is 30.6. The van der Waals surface area contributed by atoms with Crippen molar-refractivity contribution < 1.29 is 9.84 Å². The van der Waals surface area contributed by atoms with Crippen molar-refractivity contribution in [3.63, 3.8) is 0 Å². The molecule has 0 radical (unpaired) electrons. The molecule has 0 aromatic heterocycles. The first-order valence-electron chi connectivity index (χ1n) is 5.55. The van der Waals surface area contributed by atoms with Gasteiger partial charge in [-0.2, -0.15) is 0 Å². The first-order valence-corrected chi connectivity index (χ1v) is 5.55. The Bertz CT molecular complexity index is 163. The third-order valence-corrected chi connectivity index (χ3v) is 3.32. The summed E-state index contributed by atoms with van der Waals surface area (Å²) in [7, 11) is 3.81. The molecule has 3 unspecified atom stereocenters. The molecule has 0 aromatic rings. The second-order valence-corrected chi connectivity index (χ2v) is 4.39. The molecule has 0 heterocycles. The van der Waals surface area contributed by atoms with Crippen molar-refractivity contribution >= 4 is 0 Å². The van der Waals surface area contributed by atoms with Gasteiger partial charge in [-0.05, 0) is 26.8 Å². The summed E-state index contributed by atoms with van der Waals surface area (Å²) in [6.07, 6.45) is 4.34. The molecule has 0 aromatic carbocycles. The highest BCUT2D eigenvalue weighted by molar-refractivity contribution is 4.83. The van der Waals surface area contributed by atoms with E-state index in [-0.39, 0.29) is 6.10 Å². The van der Waals surface area contributed by atoms with E-state index in [2.05, 4.69) is 18.9 Å². The van der Waals surface area contributed by atoms with Crippen LogP contribution in [-0.4, -0.2) is 49.0 Å². The van der Waals surface area contributed by atoms with E-state index in [0.717, 1.165) is 19.4 Å². The van der Waals surface area contributed by atoms with E-state index in [9.17, 15) is 5.11 Å². The molecule has 0 spiro atoms. The minimum absolute atomic E-state index is 0.145. The lowest BCUT2D eigenvalue weighted by atomic mass is 9.91. The van der Waals surface area contributed by atoms with E-state index in [0.29, 0.717) is 12.1 Å². The average molecular weight is 201 g/mol. The molecule has 84 valence electrons. The van der Waals surface area contributed by atoms with Crippen molar-refractivity contribution in [1.29, 1.82) is 0 Å². The summed E-state index contributed by atoms with van der Waals surface area (Å²) in [5, 5.41) is 9.87. The topological polar surface area (TPSA) is 32.7 Å². The number of ether oxygens (including phenoxy) is 1. The van der Waals surface area contributed by atoms with Crippen LogP contribution in [0.25, 0.3) is 0 Å². The Kier molecular flexibility index (Phi) is 4.85. The van der Waals surface area contributed by atoms with Crippen molar-refractivity contribution in [1.82, 2.24) is 4.90 Å². The molecule has 1 aliphatic rings. The number of methoxy groups -OCH3 is 1. The highest BCUT2D eigenvalue weighted by Crippen LogP contribution is 2.23. The number of rotatable bonds is 4. The smallest absolute Gasteiger partial charge is 0.0695 e. The molecule has 0 saturated heterocycles. The van der Waals surface area contributed by atoms with Gasteiger partial charge in [0.2, 0.25) is 0 Å². The highest BCUT2D eigenvalue weighted by atomic mass is 16.5. The van der Waals surface area contributed by atoms with Crippen LogP contribution in [0.4, 0.5) is 0 Å². The Morgan fingerprint density at radius 1 is 1.43 bits per heavy atom. The summed E-state index contributed by atoms with van der Waals surface area (Å²) in [6, 6.07) is 0.714. The van der Waals surface area contributed by atoms with Crippen LogP contribution in [-0.2, 0) is 4.74 Å². The lowest BCUT2D eigenvalue weighted by Crippen LogP contribution is -2.48. The van der Waals surface area contributed by atoms with E-state index < -0.39 is 0 Å². The van der Waals surface area contributed by atoms with Crippen molar-refractivity contribution in [3.8, 4) is 0 Å². The number of hydrogen-bond acceptors (Lipinski definition) is 3. The first-order chi connectivity index (χ1) is 6.66. The summed E-state index contributed by atoms with van der Waals surface area (Å²) >= 11 is 0. The van der Waals surface area contributed by atoms with Gasteiger partial charge in [0, 0.05) is 19.2 Å². The summed E-state index contributed by atoms with van der Waals surface area (Å²) in [5.41, 5.74) is 0. The van der Waals surface area contributed by atoms with E-state index in [1.165, 1.54) is 12.8 Å². The molecule has 1 saturated carbocycles. The zero-order valence-corrected chi connectivity index (χ0v) is 9.57. The fourth-order valence-electron chi connectivity index (χ4n) is 2.25. The van der Waals surface area contributed by atoms with Crippen LogP contribution in [0.1, 0.15) is 32.6 Å². The highest BCUT2D eigenvalue weighted by Gasteiger charge is 2.28. The lowest BCUT2D eigenvalue weighted by Gasteiger charge is -2.38. The molecule has 3 nitrogen and oxygen atoms in total. The van der Waals surface area contributed by atoms with E-state index in [1.54, 1.807) is 7.11 Å². The zero-order valence-electron chi connectivity index (χ0n) is 9.57. The molecule has 3 heteroatoms. The quantitative estimate of drug-likeness (QED) is 0.743. The van der Waals surface area contributed by atoms with E-state index in [1.807, 2.05) is 0 Å². The van der Waals surface area contributed by atoms with Crippen LogP contribution < -0.4 is 0 Å². The van der Waals surface area contributed by atoms with Gasteiger partial charge in [0.25, 0.3) is 0 Å². The fourth-order valence-corrected chi connectivity index (χ4v) is 2.25. The van der Waals surface area contributed by atoms with Gasteiger partial charge in [0.05, 0.1) is 12.7 Å². The molecule has 1 rings (SSSR count). The number of likely N-dealkylation sites (N-methyl/N-ethyl adjacent to an activating group) is 1. The van der Waals surface area contributed by atoms with Gasteiger partial charge in [0.1, 0.15) is 0 Å². The van der Waals surface area contributed by atoms with Crippen molar-refractivity contribution in [2.45, 2.75) is 50.8 Å². The van der Waals surface area contributed by atoms with Crippen molar-refractivity contribution in [3.05, 3.63) is 0 Å². The second-order valence-electron chi connectivity index (χ2n) is 4.39. The Balaban J connectivity index is 2.44. The fraction of sp³-hybridized carbons (Fsp3) is 1.00. The maximum absolute atomic E-state index is 9.87. The molecule has 3 atom stereocenters. The van der Waals surface area contributed by atoms with Gasteiger partial charge >= 0.3 is 0 Å². The largest absolute Gasteiger partial charge is 0.391 e. The number of nitrogens with zero attached hydrogens (tertiary/aromatic N) is 1. The zero-order chi connectivity index (χ0) is 10.6. The third-order valence-electron chi connectivity index (χ3n) is 3.32. The van der Waals surface area contributed by atoms with Gasteiger partial charge in [-0.1, -0.05) is 12.8 Å². The Morgan fingerprint density at radius 3 is 2.64 bits per heavy atom. The minimum Gasteiger partial charge on any atom is -0.391 e. The van der Waals surface area contributed by atoms with Crippen molar-refractivity contribution in [2.24, 2.45) is 0 Å². The molecule has 0 aliphatic heterocycles. The number of aliphatic hydroxyl groups is 1. The summed E-state index contributed by atoms with van der Waals surface area (Å²) in [4.78, 5) is 2.26. The van der Waals surface area contributed by atoms with Crippen LogP contribution in [0.5, 0.6) is 0 Å². The maximum atomic E-state index is 9.87. The van der Waals surface area contributed by atoms with Crippen LogP contribution >= 0.6 is 0 Å². The molecule has 0 amide bonds. The van der Waals surface area contributed by atoms with Crippen LogP contribution in [0.15, 0.2) is 0 Å². The van der Waals surface area contributed by atoms with Crippen LogP contribution in [0.3, 0.4) is 0 Å². The van der Waals surface area contributed by atoms with E-state index in [4.69, 9.17) is 4.74 Å². The summed E-state index contributed by atoms with van der Waals surface area (Å²) < 4.78 is 5.13. The molecule has 14 heavy (non-hydrogen) atoms.